The van der Waals surface area contributed by atoms with E-state index in [4.69, 9.17) is 4.74 Å². The molecule has 2 aromatic rings. The molecule has 1 fully saturated rings. The zero-order valence-corrected chi connectivity index (χ0v) is 16.9. The Morgan fingerprint density at radius 1 is 1.04 bits per heavy atom. The summed E-state index contributed by atoms with van der Waals surface area (Å²) in [4.78, 5) is 13.2. The van der Waals surface area contributed by atoms with Crippen LogP contribution in [0.15, 0.2) is 60.7 Å². The molecule has 0 spiro atoms. The SMILES string of the molecule is CN(C)S(=O)(=O)C[C@@H]1COC[C@H]1NC(=O)C(c1ccccc1)c1ccccc1. The molecule has 6 nitrogen and oxygen atoms in total. The number of sulfonamides is 1. The first-order chi connectivity index (χ1) is 13.4. The molecular weight excluding hydrogens is 376 g/mol. The lowest BCUT2D eigenvalue weighted by molar-refractivity contribution is -0.122. The molecule has 1 N–H and O–H groups in total. The predicted octanol–water partition coefficient (Wildman–Crippen LogP) is 1.84. The van der Waals surface area contributed by atoms with Crippen molar-refractivity contribution in [3.05, 3.63) is 71.8 Å². The molecular formula is C21H26N2O4S. The fourth-order valence-corrected chi connectivity index (χ4v) is 4.56. The van der Waals surface area contributed by atoms with Gasteiger partial charge in [0.15, 0.2) is 0 Å². The van der Waals surface area contributed by atoms with Gasteiger partial charge in [0.2, 0.25) is 15.9 Å². The van der Waals surface area contributed by atoms with Crippen LogP contribution in [0, 0.1) is 5.92 Å². The summed E-state index contributed by atoms with van der Waals surface area (Å²) >= 11 is 0. The lowest BCUT2D eigenvalue weighted by atomic mass is 9.90. The van der Waals surface area contributed by atoms with Gasteiger partial charge in [-0.1, -0.05) is 60.7 Å². The molecule has 1 aliphatic rings. The summed E-state index contributed by atoms with van der Waals surface area (Å²) < 4.78 is 31.2. The Morgan fingerprint density at radius 2 is 1.57 bits per heavy atom. The maximum Gasteiger partial charge on any atom is 0.232 e. The Kier molecular flexibility index (Phi) is 6.49. The summed E-state index contributed by atoms with van der Waals surface area (Å²) in [5, 5.41) is 3.04. The highest BCUT2D eigenvalue weighted by Crippen LogP contribution is 2.26. The molecule has 0 radical (unpaired) electrons. The second-order valence-electron chi connectivity index (χ2n) is 7.23. The standard InChI is InChI=1S/C21H26N2O4S/c1-23(2)28(25,26)15-18-13-27-14-19(18)22-21(24)20(16-9-5-3-6-10-16)17-11-7-4-8-12-17/h3-12,18-20H,13-15H2,1-2H3,(H,22,24)/t18-,19+/m0/s1. The van der Waals surface area contributed by atoms with Gasteiger partial charge in [0.05, 0.1) is 30.9 Å². The topological polar surface area (TPSA) is 75.7 Å². The highest BCUT2D eigenvalue weighted by atomic mass is 32.2. The van der Waals surface area contributed by atoms with Gasteiger partial charge < -0.3 is 10.1 Å². The number of carbonyl (C=O) groups excluding carboxylic acids is 1. The van der Waals surface area contributed by atoms with Crippen LogP contribution in [-0.4, -0.2) is 57.7 Å². The Balaban J connectivity index is 1.80. The molecule has 1 heterocycles. The summed E-state index contributed by atoms with van der Waals surface area (Å²) in [7, 11) is -0.346. The average Bonchev–Trinajstić information content (AvgIpc) is 3.09. The van der Waals surface area contributed by atoms with Crippen LogP contribution in [0.1, 0.15) is 17.0 Å². The van der Waals surface area contributed by atoms with Crippen molar-refractivity contribution in [1.29, 1.82) is 0 Å². The summed E-state index contributed by atoms with van der Waals surface area (Å²) in [6.45, 7) is 0.634. The van der Waals surface area contributed by atoms with E-state index in [1.165, 1.54) is 18.4 Å². The predicted molar refractivity (Wildman–Crippen MR) is 108 cm³/mol. The van der Waals surface area contributed by atoms with E-state index in [1.54, 1.807) is 0 Å². The number of hydrogen-bond acceptors (Lipinski definition) is 4. The average molecular weight is 403 g/mol. The van der Waals surface area contributed by atoms with Crippen molar-refractivity contribution in [2.24, 2.45) is 5.92 Å². The molecule has 0 unspecified atom stereocenters. The molecule has 1 saturated heterocycles. The number of nitrogens with zero attached hydrogens (tertiary/aromatic N) is 1. The molecule has 2 aromatic carbocycles. The zero-order chi connectivity index (χ0) is 20.1. The minimum Gasteiger partial charge on any atom is -0.379 e. The minimum absolute atomic E-state index is 0.0493. The number of benzene rings is 2. The molecule has 2 atom stereocenters. The minimum atomic E-state index is -3.37. The summed E-state index contributed by atoms with van der Waals surface area (Å²) in [6, 6.07) is 18.8. The number of hydrogen-bond donors (Lipinski definition) is 1. The van der Waals surface area contributed by atoms with Crippen LogP contribution in [0.5, 0.6) is 0 Å². The van der Waals surface area contributed by atoms with Crippen LogP contribution in [0.3, 0.4) is 0 Å². The Hall–Kier alpha value is -2.22. The lowest BCUT2D eigenvalue weighted by Gasteiger charge is -2.24. The Labute approximate surface area is 166 Å². The second-order valence-corrected chi connectivity index (χ2v) is 9.46. The van der Waals surface area contributed by atoms with E-state index in [1.807, 2.05) is 60.7 Å². The summed E-state index contributed by atoms with van der Waals surface area (Å²) in [5.74, 6) is -0.940. The molecule has 28 heavy (non-hydrogen) atoms. The van der Waals surface area contributed by atoms with Gasteiger partial charge in [0, 0.05) is 20.0 Å². The lowest BCUT2D eigenvalue weighted by Crippen LogP contribution is -2.45. The monoisotopic (exact) mass is 402 g/mol. The van der Waals surface area contributed by atoms with Crippen LogP contribution in [0.2, 0.25) is 0 Å². The fourth-order valence-electron chi connectivity index (χ4n) is 3.39. The van der Waals surface area contributed by atoms with Crippen molar-refractivity contribution in [3.63, 3.8) is 0 Å². The van der Waals surface area contributed by atoms with Crippen LogP contribution in [0.4, 0.5) is 0 Å². The van der Waals surface area contributed by atoms with E-state index >= 15 is 0 Å². The van der Waals surface area contributed by atoms with E-state index in [0.717, 1.165) is 11.1 Å². The number of rotatable bonds is 7. The molecule has 1 amide bonds. The second kappa shape index (κ2) is 8.86. The van der Waals surface area contributed by atoms with Crippen molar-refractivity contribution < 1.29 is 17.9 Å². The van der Waals surface area contributed by atoms with Crippen LogP contribution >= 0.6 is 0 Å². The van der Waals surface area contributed by atoms with Gasteiger partial charge in [-0.05, 0) is 11.1 Å². The fraction of sp³-hybridized carbons (Fsp3) is 0.381. The first kappa shape index (κ1) is 20.5. The van der Waals surface area contributed by atoms with E-state index in [0.29, 0.717) is 13.2 Å². The maximum atomic E-state index is 13.2. The van der Waals surface area contributed by atoms with Crippen molar-refractivity contribution in [1.82, 2.24) is 9.62 Å². The number of ether oxygens (including phenoxy) is 1. The quantitative estimate of drug-likeness (QED) is 0.767. The van der Waals surface area contributed by atoms with Gasteiger partial charge >= 0.3 is 0 Å². The van der Waals surface area contributed by atoms with E-state index in [9.17, 15) is 13.2 Å². The smallest absolute Gasteiger partial charge is 0.232 e. The van der Waals surface area contributed by atoms with Crippen LogP contribution in [-0.2, 0) is 19.6 Å². The van der Waals surface area contributed by atoms with Crippen LogP contribution < -0.4 is 5.32 Å². The third kappa shape index (κ3) is 4.79. The maximum absolute atomic E-state index is 13.2. The molecule has 0 aromatic heterocycles. The van der Waals surface area contributed by atoms with Gasteiger partial charge in [-0.3, -0.25) is 4.79 Å². The van der Waals surface area contributed by atoms with E-state index in [-0.39, 0.29) is 23.6 Å². The van der Waals surface area contributed by atoms with E-state index < -0.39 is 15.9 Å². The van der Waals surface area contributed by atoms with Gasteiger partial charge in [-0.2, -0.15) is 0 Å². The van der Waals surface area contributed by atoms with Gasteiger partial charge in [0.25, 0.3) is 0 Å². The van der Waals surface area contributed by atoms with Crippen molar-refractivity contribution in [2.75, 3.05) is 33.1 Å². The molecule has 1 aliphatic heterocycles. The van der Waals surface area contributed by atoms with Gasteiger partial charge in [0.1, 0.15) is 0 Å². The molecule has 0 aliphatic carbocycles. The zero-order valence-electron chi connectivity index (χ0n) is 16.1. The molecule has 0 bridgehead atoms. The normalized spacial score (nSPS) is 19.9. The number of nitrogens with one attached hydrogen (secondary N) is 1. The molecule has 7 heteroatoms. The number of carbonyl (C=O) groups is 1. The highest BCUT2D eigenvalue weighted by molar-refractivity contribution is 7.89. The third-order valence-corrected chi connectivity index (χ3v) is 7.00. The van der Waals surface area contributed by atoms with Crippen molar-refractivity contribution in [3.8, 4) is 0 Å². The third-order valence-electron chi connectivity index (χ3n) is 5.04. The van der Waals surface area contributed by atoms with E-state index in [2.05, 4.69) is 5.32 Å². The molecule has 150 valence electrons. The first-order valence-electron chi connectivity index (χ1n) is 9.26. The summed E-state index contributed by atoms with van der Waals surface area (Å²) in [5.41, 5.74) is 1.78. The van der Waals surface area contributed by atoms with Gasteiger partial charge in [-0.25, -0.2) is 12.7 Å². The Morgan fingerprint density at radius 3 is 2.07 bits per heavy atom. The first-order valence-corrected chi connectivity index (χ1v) is 10.9. The molecule has 3 rings (SSSR count). The van der Waals surface area contributed by atoms with Crippen LogP contribution in [0.25, 0.3) is 0 Å². The molecule has 0 saturated carbocycles. The van der Waals surface area contributed by atoms with Crippen molar-refractivity contribution in [2.45, 2.75) is 12.0 Å². The van der Waals surface area contributed by atoms with Gasteiger partial charge in [-0.15, -0.1) is 0 Å². The Bertz CT molecular complexity index is 846. The van der Waals surface area contributed by atoms with Crippen molar-refractivity contribution >= 4 is 15.9 Å². The highest BCUT2D eigenvalue weighted by Gasteiger charge is 2.35. The largest absolute Gasteiger partial charge is 0.379 e. The number of amides is 1. The summed E-state index contributed by atoms with van der Waals surface area (Å²) in [6.07, 6.45) is 0.